The molecular formula is C21H28BrNO2. The SMILES string of the molecule is CNCc1cc(Br)ccc1OCCOc1c(C)cccc1C(C)(C)C. The van der Waals surface area contributed by atoms with E-state index in [1.165, 1.54) is 5.56 Å². The van der Waals surface area contributed by atoms with Gasteiger partial charge in [-0.1, -0.05) is 54.9 Å². The maximum atomic E-state index is 6.09. The number of nitrogens with one attached hydrogen (secondary N) is 1. The maximum absolute atomic E-state index is 6.09. The van der Waals surface area contributed by atoms with E-state index >= 15 is 0 Å². The van der Waals surface area contributed by atoms with Crippen LogP contribution in [0.1, 0.15) is 37.5 Å². The lowest BCUT2D eigenvalue weighted by atomic mass is 9.85. The summed E-state index contributed by atoms with van der Waals surface area (Å²) >= 11 is 3.51. The van der Waals surface area contributed by atoms with Crippen molar-refractivity contribution in [2.75, 3.05) is 20.3 Å². The number of para-hydroxylation sites is 1. The van der Waals surface area contributed by atoms with Gasteiger partial charge in [0, 0.05) is 16.6 Å². The summed E-state index contributed by atoms with van der Waals surface area (Å²) in [6.07, 6.45) is 0. The van der Waals surface area contributed by atoms with Gasteiger partial charge in [0.05, 0.1) is 0 Å². The quantitative estimate of drug-likeness (QED) is 0.639. The summed E-state index contributed by atoms with van der Waals surface area (Å²) < 4.78 is 13.1. The van der Waals surface area contributed by atoms with Crippen LogP contribution in [0.3, 0.4) is 0 Å². The Morgan fingerprint density at radius 1 is 1.04 bits per heavy atom. The monoisotopic (exact) mass is 405 g/mol. The molecular weight excluding hydrogens is 378 g/mol. The molecule has 0 unspecified atom stereocenters. The average Bonchev–Trinajstić information content (AvgIpc) is 2.53. The number of hydrogen-bond donors (Lipinski definition) is 1. The Kier molecular flexibility index (Phi) is 6.91. The van der Waals surface area contributed by atoms with Crippen molar-refractivity contribution in [1.82, 2.24) is 5.32 Å². The van der Waals surface area contributed by atoms with Gasteiger partial charge < -0.3 is 14.8 Å². The molecule has 4 heteroatoms. The zero-order valence-electron chi connectivity index (χ0n) is 15.8. The topological polar surface area (TPSA) is 30.5 Å². The van der Waals surface area contributed by atoms with E-state index in [-0.39, 0.29) is 5.41 Å². The molecule has 136 valence electrons. The minimum atomic E-state index is 0.0495. The largest absolute Gasteiger partial charge is 0.490 e. The second kappa shape index (κ2) is 8.72. The highest BCUT2D eigenvalue weighted by Crippen LogP contribution is 2.33. The molecule has 2 rings (SSSR count). The summed E-state index contributed by atoms with van der Waals surface area (Å²) in [7, 11) is 1.93. The molecule has 0 saturated carbocycles. The lowest BCUT2D eigenvalue weighted by molar-refractivity contribution is 0.212. The van der Waals surface area contributed by atoms with Gasteiger partial charge in [0.2, 0.25) is 0 Å². The fraction of sp³-hybridized carbons (Fsp3) is 0.429. The normalized spacial score (nSPS) is 11.4. The molecule has 0 atom stereocenters. The van der Waals surface area contributed by atoms with Gasteiger partial charge in [0.25, 0.3) is 0 Å². The first-order valence-electron chi connectivity index (χ1n) is 8.61. The molecule has 0 amide bonds. The first-order valence-corrected chi connectivity index (χ1v) is 9.41. The van der Waals surface area contributed by atoms with Gasteiger partial charge in [0.1, 0.15) is 24.7 Å². The fourth-order valence-corrected chi connectivity index (χ4v) is 3.16. The predicted molar refractivity (Wildman–Crippen MR) is 108 cm³/mol. The number of ether oxygens (including phenoxy) is 2. The van der Waals surface area contributed by atoms with E-state index < -0.39 is 0 Å². The van der Waals surface area contributed by atoms with Crippen molar-refractivity contribution in [3.63, 3.8) is 0 Å². The second-order valence-corrected chi connectivity index (χ2v) is 8.10. The van der Waals surface area contributed by atoms with Crippen LogP contribution in [0.15, 0.2) is 40.9 Å². The molecule has 1 N–H and O–H groups in total. The summed E-state index contributed by atoms with van der Waals surface area (Å²) in [4.78, 5) is 0. The molecule has 0 aliphatic carbocycles. The smallest absolute Gasteiger partial charge is 0.126 e. The van der Waals surface area contributed by atoms with E-state index in [2.05, 4.69) is 73.2 Å². The second-order valence-electron chi connectivity index (χ2n) is 7.18. The van der Waals surface area contributed by atoms with Crippen LogP contribution in [0.4, 0.5) is 0 Å². The number of benzene rings is 2. The molecule has 0 heterocycles. The summed E-state index contributed by atoms with van der Waals surface area (Å²) in [6, 6.07) is 12.4. The van der Waals surface area contributed by atoms with Crippen molar-refractivity contribution in [2.24, 2.45) is 0 Å². The molecule has 0 radical (unpaired) electrons. The molecule has 2 aromatic carbocycles. The fourth-order valence-electron chi connectivity index (χ4n) is 2.75. The first kappa shape index (κ1) is 19.8. The molecule has 0 spiro atoms. The molecule has 0 aromatic heterocycles. The van der Waals surface area contributed by atoms with Gasteiger partial charge in [0.15, 0.2) is 0 Å². The minimum absolute atomic E-state index is 0.0495. The van der Waals surface area contributed by atoms with Crippen molar-refractivity contribution < 1.29 is 9.47 Å². The first-order chi connectivity index (χ1) is 11.8. The highest BCUT2D eigenvalue weighted by Gasteiger charge is 2.20. The molecule has 0 saturated heterocycles. The standard InChI is InChI=1S/C21H28BrNO2/c1-15-7-6-8-18(21(2,3)4)20(15)25-12-11-24-19-10-9-17(22)13-16(19)14-23-5/h6-10,13,23H,11-12,14H2,1-5H3. The molecule has 0 aliphatic heterocycles. The van der Waals surface area contributed by atoms with E-state index in [1.807, 2.05) is 19.2 Å². The third-order valence-corrected chi connectivity index (χ3v) is 4.49. The Labute approximate surface area is 159 Å². The van der Waals surface area contributed by atoms with Crippen LogP contribution >= 0.6 is 15.9 Å². The van der Waals surface area contributed by atoms with Crippen molar-refractivity contribution in [2.45, 2.75) is 39.7 Å². The van der Waals surface area contributed by atoms with Gasteiger partial charge >= 0.3 is 0 Å². The molecule has 25 heavy (non-hydrogen) atoms. The number of aryl methyl sites for hydroxylation is 1. The average molecular weight is 406 g/mol. The minimum Gasteiger partial charge on any atom is -0.490 e. The molecule has 0 bridgehead atoms. The van der Waals surface area contributed by atoms with Gasteiger partial charge in [-0.25, -0.2) is 0 Å². The van der Waals surface area contributed by atoms with Crippen molar-refractivity contribution in [3.8, 4) is 11.5 Å². The summed E-state index contributed by atoms with van der Waals surface area (Å²) in [5, 5.41) is 3.17. The van der Waals surface area contributed by atoms with Crippen molar-refractivity contribution in [1.29, 1.82) is 0 Å². The van der Waals surface area contributed by atoms with E-state index in [0.717, 1.165) is 33.6 Å². The summed E-state index contributed by atoms with van der Waals surface area (Å²) in [5.41, 5.74) is 3.57. The zero-order chi connectivity index (χ0) is 18.4. The van der Waals surface area contributed by atoms with E-state index in [0.29, 0.717) is 13.2 Å². The van der Waals surface area contributed by atoms with Crippen LogP contribution in [0.2, 0.25) is 0 Å². The highest BCUT2D eigenvalue weighted by molar-refractivity contribution is 9.10. The van der Waals surface area contributed by atoms with E-state index in [9.17, 15) is 0 Å². The number of rotatable bonds is 7. The Balaban J connectivity index is 2.01. The van der Waals surface area contributed by atoms with Gasteiger partial charge in [-0.15, -0.1) is 0 Å². The Bertz CT molecular complexity index is 708. The summed E-state index contributed by atoms with van der Waals surface area (Å²) in [6.45, 7) is 10.5. The van der Waals surface area contributed by atoms with E-state index in [1.54, 1.807) is 0 Å². The van der Waals surface area contributed by atoms with Gasteiger partial charge in [-0.2, -0.15) is 0 Å². The lowest BCUT2D eigenvalue weighted by Gasteiger charge is -2.24. The molecule has 0 aliphatic rings. The van der Waals surface area contributed by atoms with Crippen LogP contribution in [-0.2, 0) is 12.0 Å². The van der Waals surface area contributed by atoms with Crippen molar-refractivity contribution in [3.05, 3.63) is 57.6 Å². The van der Waals surface area contributed by atoms with Crippen LogP contribution in [0.25, 0.3) is 0 Å². The third kappa shape index (κ3) is 5.48. The Morgan fingerprint density at radius 3 is 2.44 bits per heavy atom. The maximum Gasteiger partial charge on any atom is 0.126 e. The third-order valence-electron chi connectivity index (χ3n) is 4.00. The van der Waals surface area contributed by atoms with Gasteiger partial charge in [-0.3, -0.25) is 0 Å². The van der Waals surface area contributed by atoms with Crippen LogP contribution in [0.5, 0.6) is 11.5 Å². The highest BCUT2D eigenvalue weighted by atomic mass is 79.9. The Hall–Kier alpha value is -1.52. The molecule has 0 fully saturated rings. The molecule has 3 nitrogen and oxygen atoms in total. The van der Waals surface area contributed by atoms with Crippen LogP contribution in [0, 0.1) is 6.92 Å². The zero-order valence-corrected chi connectivity index (χ0v) is 17.4. The van der Waals surface area contributed by atoms with Gasteiger partial charge in [-0.05, 0) is 48.7 Å². The van der Waals surface area contributed by atoms with Crippen molar-refractivity contribution >= 4 is 15.9 Å². The number of hydrogen-bond acceptors (Lipinski definition) is 3. The van der Waals surface area contributed by atoms with Crippen LogP contribution in [-0.4, -0.2) is 20.3 Å². The molecule has 2 aromatic rings. The number of halogens is 1. The Morgan fingerprint density at radius 2 is 1.76 bits per heavy atom. The van der Waals surface area contributed by atoms with E-state index in [4.69, 9.17) is 9.47 Å². The van der Waals surface area contributed by atoms with Crippen LogP contribution < -0.4 is 14.8 Å². The predicted octanol–water partition coefficient (Wildman–Crippen LogP) is 5.23. The summed E-state index contributed by atoms with van der Waals surface area (Å²) in [5.74, 6) is 1.87. The lowest BCUT2D eigenvalue weighted by Crippen LogP contribution is -2.17.